The smallest absolute Gasteiger partial charge is 0.326 e. The Morgan fingerprint density at radius 3 is 2.26 bits per heavy atom. The molecule has 6 unspecified atom stereocenters. The second kappa shape index (κ2) is 14.7. The molecule has 0 heterocycles. The molecule has 6 heteroatoms. The number of Topliss-reactive ketones (excluding diaryl/α,β-unsaturated/α-hetero) is 1. The molecule has 0 aliphatic rings. The predicted octanol–water partition coefficient (Wildman–Crippen LogP) is 4.77. The second-order valence-corrected chi connectivity index (χ2v) is 9.69. The molecular weight excluding hydrogens is 428 g/mol. The minimum absolute atomic E-state index is 0.00595. The van der Waals surface area contributed by atoms with Gasteiger partial charge in [0.25, 0.3) is 0 Å². The number of carbonyl (C=O) groups excluding carboxylic acids is 2. The maximum atomic E-state index is 13.3. The molecule has 6 nitrogen and oxygen atoms in total. The SMILES string of the molecule is CC=C(C)C(N)C(C)CC(=O)C(CCCC)C(C)C(C)C(=O)NC(Cc1ccccc1)C(=O)O. The molecule has 0 saturated carbocycles. The Morgan fingerprint density at radius 1 is 1.12 bits per heavy atom. The van der Waals surface area contributed by atoms with Crippen LogP contribution in [-0.4, -0.2) is 34.8 Å². The van der Waals surface area contributed by atoms with Crippen molar-refractivity contribution in [2.75, 3.05) is 0 Å². The number of ketones is 1. The molecule has 1 rings (SSSR count). The van der Waals surface area contributed by atoms with E-state index in [4.69, 9.17) is 5.73 Å². The van der Waals surface area contributed by atoms with E-state index < -0.39 is 17.9 Å². The lowest BCUT2D eigenvalue weighted by molar-refractivity contribution is -0.143. The van der Waals surface area contributed by atoms with Crippen LogP contribution in [0.15, 0.2) is 42.0 Å². The molecule has 1 aromatic carbocycles. The van der Waals surface area contributed by atoms with Crippen LogP contribution in [0.1, 0.15) is 72.8 Å². The maximum Gasteiger partial charge on any atom is 0.326 e. The number of benzene rings is 1. The fraction of sp³-hybridized carbons (Fsp3) is 0.607. The van der Waals surface area contributed by atoms with Crippen LogP contribution in [0.2, 0.25) is 0 Å². The van der Waals surface area contributed by atoms with Crippen molar-refractivity contribution in [3.8, 4) is 0 Å². The third-order valence-corrected chi connectivity index (χ3v) is 7.13. The summed E-state index contributed by atoms with van der Waals surface area (Å²) in [7, 11) is 0. The van der Waals surface area contributed by atoms with Crippen LogP contribution in [0.5, 0.6) is 0 Å². The first-order chi connectivity index (χ1) is 16.0. The predicted molar refractivity (Wildman–Crippen MR) is 137 cm³/mol. The number of amides is 1. The third-order valence-electron chi connectivity index (χ3n) is 7.13. The lowest BCUT2D eigenvalue weighted by atomic mass is 9.75. The van der Waals surface area contributed by atoms with Gasteiger partial charge in [0.1, 0.15) is 11.8 Å². The van der Waals surface area contributed by atoms with Crippen LogP contribution in [-0.2, 0) is 20.8 Å². The van der Waals surface area contributed by atoms with Crippen LogP contribution in [0.3, 0.4) is 0 Å². The van der Waals surface area contributed by atoms with Gasteiger partial charge in [-0.15, -0.1) is 0 Å². The number of hydrogen-bond donors (Lipinski definition) is 3. The van der Waals surface area contributed by atoms with Crippen molar-refractivity contribution in [3.63, 3.8) is 0 Å². The Labute approximate surface area is 205 Å². The van der Waals surface area contributed by atoms with E-state index in [0.29, 0.717) is 12.8 Å². The fourth-order valence-electron chi connectivity index (χ4n) is 4.32. The standard InChI is InChI=1S/C28H44N2O4/c1-7-9-15-23(25(31)16-19(4)26(29)18(3)8-2)20(5)21(6)27(32)30-24(28(33)34)17-22-13-11-10-12-14-22/h8,10-14,19-21,23-24,26H,7,9,15-17,29H2,1-6H3,(H,30,32)(H,33,34). The average Bonchev–Trinajstić information content (AvgIpc) is 2.82. The van der Waals surface area contributed by atoms with E-state index in [2.05, 4.69) is 12.2 Å². The largest absolute Gasteiger partial charge is 0.480 e. The molecule has 1 aromatic rings. The Bertz CT molecular complexity index is 821. The summed E-state index contributed by atoms with van der Waals surface area (Å²) in [5, 5.41) is 12.3. The van der Waals surface area contributed by atoms with Crippen LogP contribution >= 0.6 is 0 Å². The average molecular weight is 473 g/mol. The van der Waals surface area contributed by atoms with Crippen molar-refractivity contribution in [1.82, 2.24) is 5.32 Å². The normalized spacial score (nSPS) is 17.2. The first kappa shape index (κ1) is 29.6. The third kappa shape index (κ3) is 9.05. The molecule has 0 spiro atoms. The summed E-state index contributed by atoms with van der Waals surface area (Å²) in [4.78, 5) is 38.1. The molecule has 0 saturated heterocycles. The number of carboxylic acid groups (broad SMARTS) is 1. The molecule has 0 fully saturated rings. The molecule has 190 valence electrons. The zero-order valence-corrected chi connectivity index (χ0v) is 21.7. The summed E-state index contributed by atoms with van der Waals surface area (Å²) in [6.45, 7) is 11.7. The lowest BCUT2D eigenvalue weighted by Gasteiger charge is -2.30. The quantitative estimate of drug-likeness (QED) is 0.319. The zero-order valence-electron chi connectivity index (χ0n) is 21.7. The number of aliphatic carboxylic acids is 1. The van der Waals surface area contributed by atoms with E-state index in [1.807, 2.05) is 64.1 Å². The van der Waals surface area contributed by atoms with Crippen molar-refractivity contribution in [3.05, 3.63) is 47.5 Å². The van der Waals surface area contributed by atoms with Gasteiger partial charge in [-0.25, -0.2) is 4.79 Å². The summed E-state index contributed by atoms with van der Waals surface area (Å²) in [5.41, 5.74) is 8.21. The summed E-state index contributed by atoms with van der Waals surface area (Å²) in [6.07, 6.45) is 5.12. The molecule has 0 aromatic heterocycles. The molecule has 0 bridgehead atoms. The highest BCUT2D eigenvalue weighted by Crippen LogP contribution is 2.30. The van der Waals surface area contributed by atoms with E-state index in [9.17, 15) is 19.5 Å². The number of nitrogens with one attached hydrogen (secondary N) is 1. The number of rotatable bonds is 15. The first-order valence-corrected chi connectivity index (χ1v) is 12.5. The summed E-state index contributed by atoms with van der Waals surface area (Å²) in [6, 6.07) is 8.04. The Balaban J connectivity index is 2.92. The first-order valence-electron chi connectivity index (χ1n) is 12.5. The van der Waals surface area contributed by atoms with Gasteiger partial charge < -0.3 is 16.2 Å². The Morgan fingerprint density at radius 2 is 1.74 bits per heavy atom. The summed E-state index contributed by atoms with van der Waals surface area (Å²) < 4.78 is 0. The molecule has 34 heavy (non-hydrogen) atoms. The van der Waals surface area contributed by atoms with E-state index in [0.717, 1.165) is 24.0 Å². The van der Waals surface area contributed by atoms with Crippen LogP contribution in [0.4, 0.5) is 0 Å². The maximum absolute atomic E-state index is 13.3. The van der Waals surface area contributed by atoms with Crippen molar-refractivity contribution in [2.45, 2.75) is 85.7 Å². The number of carboxylic acids is 1. The van der Waals surface area contributed by atoms with Crippen LogP contribution in [0, 0.1) is 23.7 Å². The van der Waals surface area contributed by atoms with Gasteiger partial charge in [-0.2, -0.15) is 0 Å². The van der Waals surface area contributed by atoms with E-state index >= 15 is 0 Å². The van der Waals surface area contributed by atoms with E-state index in [1.54, 1.807) is 6.92 Å². The van der Waals surface area contributed by atoms with Crippen molar-refractivity contribution in [2.24, 2.45) is 29.4 Å². The van der Waals surface area contributed by atoms with Gasteiger partial charge in [0.2, 0.25) is 5.91 Å². The van der Waals surface area contributed by atoms with E-state index in [-0.39, 0.29) is 41.9 Å². The topological polar surface area (TPSA) is 109 Å². The number of nitrogens with two attached hydrogens (primary N) is 1. The van der Waals surface area contributed by atoms with Crippen molar-refractivity contribution >= 4 is 17.7 Å². The number of unbranched alkanes of at least 4 members (excludes halogenated alkanes) is 1. The highest BCUT2D eigenvalue weighted by Gasteiger charge is 2.34. The zero-order chi connectivity index (χ0) is 25.8. The molecule has 6 atom stereocenters. The molecule has 4 N–H and O–H groups in total. The van der Waals surface area contributed by atoms with Crippen LogP contribution < -0.4 is 11.1 Å². The molecule has 1 amide bonds. The Kier molecular flexibility index (Phi) is 12.8. The van der Waals surface area contributed by atoms with Gasteiger partial charge in [-0.3, -0.25) is 9.59 Å². The molecule has 0 radical (unpaired) electrons. The van der Waals surface area contributed by atoms with Gasteiger partial charge in [0, 0.05) is 30.7 Å². The van der Waals surface area contributed by atoms with Gasteiger partial charge in [0.15, 0.2) is 0 Å². The van der Waals surface area contributed by atoms with E-state index in [1.165, 1.54) is 0 Å². The van der Waals surface area contributed by atoms with Crippen molar-refractivity contribution in [1.29, 1.82) is 0 Å². The highest BCUT2D eigenvalue weighted by atomic mass is 16.4. The number of carbonyl (C=O) groups is 3. The van der Waals surface area contributed by atoms with Gasteiger partial charge in [-0.05, 0) is 37.7 Å². The lowest BCUT2D eigenvalue weighted by Crippen LogP contribution is -2.46. The molecular formula is C28H44N2O4. The van der Waals surface area contributed by atoms with Gasteiger partial charge in [-0.1, -0.05) is 82.5 Å². The summed E-state index contributed by atoms with van der Waals surface area (Å²) in [5.74, 6) is -2.24. The van der Waals surface area contributed by atoms with Crippen molar-refractivity contribution < 1.29 is 19.5 Å². The second-order valence-electron chi connectivity index (χ2n) is 9.69. The number of allylic oxidation sites excluding steroid dienone is 1. The summed E-state index contributed by atoms with van der Waals surface area (Å²) >= 11 is 0. The fourth-order valence-corrected chi connectivity index (χ4v) is 4.32. The highest BCUT2D eigenvalue weighted by molar-refractivity contribution is 5.86. The monoisotopic (exact) mass is 472 g/mol. The minimum Gasteiger partial charge on any atom is -0.480 e. The van der Waals surface area contributed by atoms with Crippen LogP contribution in [0.25, 0.3) is 0 Å². The van der Waals surface area contributed by atoms with Gasteiger partial charge >= 0.3 is 5.97 Å². The van der Waals surface area contributed by atoms with Gasteiger partial charge in [0.05, 0.1) is 0 Å². The Hall–Kier alpha value is -2.47. The molecule has 0 aliphatic carbocycles. The molecule has 0 aliphatic heterocycles. The number of hydrogen-bond acceptors (Lipinski definition) is 4. The minimum atomic E-state index is -1.07.